The van der Waals surface area contributed by atoms with Gasteiger partial charge in [0.05, 0.1) is 16.8 Å². The summed E-state index contributed by atoms with van der Waals surface area (Å²) in [6, 6.07) is 3.57. The minimum absolute atomic E-state index is 0.121. The van der Waals surface area contributed by atoms with Crippen LogP contribution >= 0.6 is 0 Å². The Labute approximate surface area is 111 Å². The summed E-state index contributed by atoms with van der Waals surface area (Å²) in [5.41, 5.74) is -0.846. The van der Waals surface area contributed by atoms with Crippen molar-refractivity contribution in [3.05, 3.63) is 29.6 Å². The van der Waals surface area contributed by atoms with Gasteiger partial charge in [0, 0.05) is 0 Å². The molecule has 1 fully saturated rings. The highest BCUT2D eigenvalue weighted by Crippen LogP contribution is 2.36. The van der Waals surface area contributed by atoms with Crippen molar-refractivity contribution in [2.75, 3.05) is 0 Å². The lowest BCUT2D eigenvalue weighted by atomic mass is 9.78. The molecule has 0 aromatic heterocycles. The van der Waals surface area contributed by atoms with Crippen LogP contribution < -0.4 is 5.46 Å². The molecule has 102 valence electrons. The number of halogens is 1. The number of hydrogen-bond acceptors (Lipinski definition) is 3. The third-order valence-electron chi connectivity index (χ3n) is 3.69. The Morgan fingerprint density at radius 1 is 1.16 bits per heavy atom. The van der Waals surface area contributed by atoms with Gasteiger partial charge < -0.3 is 14.4 Å². The summed E-state index contributed by atoms with van der Waals surface area (Å²) in [5.74, 6) is -1.80. The van der Waals surface area contributed by atoms with Crippen LogP contribution in [-0.2, 0) is 9.31 Å². The number of hydrogen-bond donors (Lipinski definition) is 1. The van der Waals surface area contributed by atoms with Crippen molar-refractivity contribution in [2.24, 2.45) is 0 Å². The van der Waals surface area contributed by atoms with Gasteiger partial charge in [0.25, 0.3) is 0 Å². The molecule has 1 aliphatic heterocycles. The molecule has 0 radical (unpaired) electrons. The Morgan fingerprint density at radius 2 is 1.68 bits per heavy atom. The molecule has 0 amide bonds. The lowest BCUT2D eigenvalue weighted by Gasteiger charge is -2.32. The molecule has 1 saturated heterocycles. The van der Waals surface area contributed by atoms with E-state index >= 15 is 0 Å². The van der Waals surface area contributed by atoms with E-state index in [0.29, 0.717) is 5.46 Å². The Hall–Kier alpha value is -1.40. The molecule has 1 heterocycles. The summed E-state index contributed by atoms with van der Waals surface area (Å²) in [6.45, 7) is 7.52. The average Bonchev–Trinajstić information content (AvgIpc) is 2.47. The molecule has 0 atom stereocenters. The van der Waals surface area contributed by atoms with Gasteiger partial charge in [0.1, 0.15) is 5.82 Å². The molecule has 1 aromatic carbocycles. The smallest absolute Gasteiger partial charge is 0.478 e. The topological polar surface area (TPSA) is 55.8 Å². The summed E-state index contributed by atoms with van der Waals surface area (Å²) in [4.78, 5) is 10.9. The van der Waals surface area contributed by atoms with Gasteiger partial charge in [-0.3, -0.25) is 0 Å². The first kappa shape index (κ1) is 14.0. The molecule has 4 nitrogen and oxygen atoms in total. The molecular weight excluding hydrogens is 250 g/mol. The molecule has 2 rings (SSSR count). The summed E-state index contributed by atoms with van der Waals surface area (Å²) in [7, 11) is -0.765. The molecule has 19 heavy (non-hydrogen) atoms. The zero-order chi connectivity index (χ0) is 14.4. The van der Waals surface area contributed by atoms with Crippen molar-refractivity contribution in [1.82, 2.24) is 0 Å². The number of benzene rings is 1. The zero-order valence-corrected chi connectivity index (χ0v) is 11.4. The van der Waals surface area contributed by atoms with Gasteiger partial charge in [-0.1, -0.05) is 0 Å². The lowest BCUT2D eigenvalue weighted by molar-refractivity contribution is 0.00578. The van der Waals surface area contributed by atoms with Gasteiger partial charge >= 0.3 is 13.1 Å². The number of carboxylic acid groups (broad SMARTS) is 1. The van der Waals surface area contributed by atoms with Gasteiger partial charge in [-0.25, -0.2) is 9.18 Å². The molecule has 0 bridgehead atoms. The van der Waals surface area contributed by atoms with Crippen LogP contribution in [-0.4, -0.2) is 29.4 Å². The van der Waals surface area contributed by atoms with Crippen LogP contribution in [0.4, 0.5) is 4.39 Å². The fraction of sp³-hybridized carbons (Fsp3) is 0.462. The van der Waals surface area contributed by atoms with E-state index in [2.05, 4.69) is 0 Å². The highest BCUT2D eigenvalue weighted by Gasteiger charge is 2.51. The summed E-state index contributed by atoms with van der Waals surface area (Å²) < 4.78 is 25.0. The Balaban J connectivity index is 2.37. The number of aromatic carboxylic acids is 1. The Bertz CT molecular complexity index is 511. The summed E-state index contributed by atoms with van der Waals surface area (Å²) in [6.07, 6.45) is 0. The SMILES string of the molecule is CC1(C)OB(c2cc(F)cc(C(=O)O)c2)OC1(C)C. The van der Waals surface area contributed by atoms with Crippen LogP contribution in [0.15, 0.2) is 18.2 Å². The van der Waals surface area contributed by atoms with E-state index in [0.717, 1.165) is 6.07 Å². The zero-order valence-electron chi connectivity index (χ0n) is 11.4. The molecule has 1 aromatic rings. The van der Waals surface area contributed by atoms with Crippen molar-refractivity contribution in [2.45, 2.75) is 38.9 Å². The van der Waals surface area contributed by atoms with Crippen LogP contribution in [0.5, 0.6) is 0 Å². The van der Waals surface area contributed by atoms with Crippen molar-refractivity contribution < 1.29 is 23.6 Å². The van der Waals surface area contributed by atoms with Crippen LogP contribution in [0.25, 0.3) is 0 Å². The molecule has 0 spiro atoms. The van der Waals surface area contributed by atoms with Crippen molar-refractivity contribution in [1.29, 1.82) is 0 Å². The maximum Gasteiger partial charge on any atom is 0.494 e. The molecule has 1 N–H and O–H groups in total. The molecule has 0 saturated carbocycles. The van der Waals surface area contributed by atoms with Gasteiger partial charge in [-0.15, -0.1) is 0 Å². The second-order valence-electron chi connectivity index (χ2n) is 5.67. The molecule has 1 aliphatic rings. The van der Waals surface area contributed by atoms with Gasteiger partial charge in [0.15, 0.2) is 0 Å². The second kappa shape index (κ2) is 4.32. The number of rotatable bonds is 2. The first-order valence-electron chi connectivity index (χ1n) is 6.02. The summed E-state index contributed by atoms with van der Waals surface area (Å²) in [5, 5.41) is 8.93. The largest absolute Gasteiger partial charge is 0.494 e. The van der Waals surface area contributed by atoms with Gasteiger partial charge in [-0.2, -0.15) is 0 Å². The molecular formula is C13H16BFO4. The lowest BCUT2D eigenvalue weighted by Crippen LogP contribution is -2.41. The van der Waals surface area contributed by atoms with E-state index in [1.165, 1.54) is 12.1 Å². The predicted octanol–water partition coefficient (Wildman–Crippen LogP) is 1.82. The van der Waals surface area contributed by atoms with Crippen molar-refractivity contribution in [3.8, 4) is 0 Å². The second-order valence-corrected chi connectivity index (χ2v) is 5.67. The first-order valence-corrected chi connectivity index (χ1v) is 6.02. The van der Waals surface area contributed by atoms with Crippen LogP contribution in [0, 0.1) is 5.82 Å². The van der Waals surface area contributed by atoms with Gasteiger partial charge in [0.2, 0.25) is 0 Å². The van der Waals surface area contributed by atoms with E-state index in [1.807, 2.05) is 27.7 Å². The maximum absolute atomic E-state index is 13.5. The normalized spacial score (nSPS) is 20.6. The van der Waals surface area contributed by atoms with Gasteiger partial charge in [-0.05, 0) is 51.4 Å². The quantitative estimate of drug-likeness (QED) is 0.829. The third kappa shape index (κ3) is 2.50. The molecule has 6 heteroatoms. The van der Waals surface area contributed by atoms with Crippen LogP contribution in [0.1, 0.15) is 38.1 Å². The Morgan fingerprint density at radius 3 is 2.16 bits per heavy atom. The first-order chi connectivity index (χ1) is 8.62. The number of carboxylic acids is 1. The standard InChI is InChI=1S/C13H16BFO4/c1-12(2)13(3,4)19-14(18-12)9-5-8(11(16)17)6-10(15)7-9/h5-7H,1-4H3,(H,16,17). The number of carbonyl (C=O) groups is 1. The Kier molecular flexibility index (Phi) is 3.19. The van der Waals surface area contributed by atoms with E-state index in [4.69, 9.17) is 14.4 Å². The average molecular weight is 266 g/mol. The fourth-order valence-electron chi connectivity index (χ4n) is 1.85. The van der Waals surface area contributed by atoms with E-state index in [-0.39, 0.29) is 5.56 Å². The highest BCUT2D eigenvalue weighted by atomic mass is 19.1. The van der Waals surface area contributed by atoms with E-state index in [9.17, 15) is 9.18 Å². The van der Waals surface area contributed by atoms with Crippen LogP contribution in [0.2, 0.25) is 0 Å². The monoisotopic (exact) mass is 266 g/mol. The molecule has 0 unspecified atom stereocenters. The van der Waals surface area contributed by atoms with E-state index < -0.39 is 30.1 Å². The highest BCUT2D eigenvalue weighted by molar-refractivity contribution is 6.62. The fourth-order valence-corrected chi connectivity index (χ4v) is 1.85. The van der Waals surface area contributed by atoms with E-state index in [1.54, 1.807) is 0 Å². The maximum atomic E-state index is 13.5. The molecule has 0 aliphatic carbocycles. The predicted molar refractivity (Wildman–Crippen MR) is 69.1 cm³/mol. The van der Waals surface area contributed by atoms with Crippen molar-refractivity contribution >= 4 is 18.6 Å². The van der Waals surface area contributed by atoms with Crippen LogP contribution in [0.3, 0.4) is 0 Å². The minimum Gasteiger partial charge on any atom is -0.478 e. The third-order valence-corrected chi connectivity index (χ3v) is 3.69. The minimum atomic E-state index is -1.18. The van der Waals surface area contributed by atoms with Crippen molar-refractivity contribution in [3.63, 3.8) is 0 Å². The summed E-state index contributed by atoms with van der Waals surface area (Å²) >= 11 is 0.